The van der Waals surface area contributed by atoms with Gasteiger partial charge in [-0.2, -0.15) is 0 Å². The van der Waals surface area contributed by atoms with E-state index in [0.29, 0.717) is 11.1 Å². The molecule has 0 saturated carbocycles. The van der Waals surface area contributed by atoms with Gasteiger partial charge in [0, 0.05) is 23.0 Å². The maximum absolute atomic E-state index is 12.5. The molecule has 4 nitrogen and oxygen atoms in total. The van der Waals surface area contributed by atoms with Crippen LogP contribution in [0.25, 0.3) is 0 Å². The number of ether oxygens (including phenoxy) is 2. The molecule has 4 rings (SSSR count). The van der Waals surface area contributed by atoms with Crippen LogP contribution in [0.3, 0.4) is 0 Å². The largest absolute Gasteiger partial charge is 0.489 e. The van der Waals surface area contributed by atoms with Crippen molar-refractivity contribution in [2.75, 3.05) is 14.2 Å². The van der Waals surface area contributed by atoms with Crippen LogP contribution in [0.5, 0.6) is 0 Å². The molecule has 2 atom stereocenters. The molecule has 0 N–H and O–H groups in total. The normalized spacial score (nSPS) is 29.5. The fourth-order valence-corrected chi connectivity index (χ4v) is 3.47. The highest BCUT2D eigenvalue weighted by atomic mass is 16.5. The Kier molecular flexibility index (Phi) is 2.62. The standard InChI is InChI=1S/C15H16O4/c1-7-6-8-4-5-9(7)11-10(8)12(16)14(18-2)15(19-3)13(11)17/h6,8-9H,4-5H2,1-3H3. The number of carbonyl (C=O) groups is 2. The van der Waals surface area contributed by atoms with E-state index in [9.17, 15) is 9.59 Å². The Bertz CT molecular complexity index is 577. The third-order valence-corrected chi connectivity index (χ3v) is 4.31. The van der Waals surface area contributed by atoms with E-state index in [1.807, 2.05) is 6.92 Å². The molecular weight excluding hydrogens is 244 g/mol. The molecule has 100 valence electrons. The molecule has 0 radical (unpaired) electrons. The van der Waals surface area contributed by atoms with E-state index < -0.39 is 0 Å². The zero-order valence-corrected chi connectivity index (χ0v) is 11.3. The van der Waals surface area contributed by atoms with E-state index in [4.69, 9.17) is 9.47 Å². The quantitative estimate of drug-likeness (QED) is 0.562. The Labute approximate surface area is 111 Å². The van der Waals surface area contributed by atoms with Gasteiger partial charge in [-0.1, -0.05) is 11.6 Å². The molecule has 0 heterocycles. The van der Waals surface area contributed by atoms with Crippen LogP contribution in [-0.4, -0.2) is 25.8 Å². The maximum atomic E-state index is 12.5. The van der Waals surface area contributed by atoms with Gasteiger partial charge in [-0.3, -0.25) is 9.59 Å². The molecule has 19 heavy (non-hydrogen) atoms. The van der Waals surface area contributed by atoms with Gasteiger partial charge in [0.15, 0.2) is 0 Å². The van der Waals surface area contributed by atoms with Gasteiger partial charge >= 0.3 is 0 Å². The van der Waals surface area contributed by atoms with Crippen LogP contribution in [0.1, 0.15) is 19.8 Å². The summed E-state index contributed by atoms with van der Waals surface area (Å²) in [5, 5.41) is 0. The second kappa shape index (κ2) is 4.08. The fraction of sp³-hybridized carbons (Fsp3) is 0.467. The van der Waals surface area contributed by atoms with Gasteiger partial charge in [0.05, 0.1) is 14.2 Å². The highest BCUT2D eigenvalue weighted by Crippen LogP contribution is 2.48. The number of methoxy groups -OCH3 is 2. The molecule has 0 aromatic carbocycles. The van der Waals surface area contributed by atoms with E-state index in [1.165, 1.54) is 19.8 Å². The lowest BCUT2D eigenvalue weighted by molar-refractivity contribution is -0.122. The van der Waals surface area contributed by atoms with E-state index >= 15 is 0 Å². The van der Waals surface area contributed by atoms with Crippen LogP contribution in [0.4, 0.5) is 0 Å². The third kappa shape index (κ3) is 1.46. The molecule has 0 aliphatic heterocycles. The van der Waals surface area contributed by atoms with Gasteiger partial charge in [-0.15, -0.1) is 0 Å². The molecule has 0 amide bonds. The monoisotopic (exact) mass is 260 g/mol. The SMILES string of the molecule is COC1=C(OC)C(=O)C2=C(C1=O)C1C=C(C)C2CC1. The van der Waals surface area contributed by atoms with Crippen molar-refractivity contribution in [3.05, 3.63) is 34.3 Å². The minimum Gasteiger partial charge on any atom is -0.489 e. The number of ketones is 2. The fourth-order valence-electron chi connectivity index (χ4n) is 3.47. The first-order valence-electron chi connectivity index (χ1n) is 6.44. The Morgan fingerprint density at radius 1 is 1.00 bits per heavy atom. The molecule has 2 bridgehead atoms. The Morgan fingerprint density at radius 2 is 1.58 bits per heavy atom. The molecule has 4 aliphatic carbocycles. The second-order valence-electron chi connectivity index (χ2n) is 5.20. The lowest BCUT2D eigenvalue weighted by Gasteiger charge is -2.39. The lowest BCUT2D eigenvalue weighted by atomic mass is 9.64. The number of rotatable bonds is 2. The molecule has 2 unspecified atom stereocenters. The topological polar surface area (TPSA) is 52.6 Å². The first-order chi connectivity index (χ1) is 9.10. The van der Waals surface area contributed by atoms with Crippen LogP contribution < -0.4 is 0 Å². The van der Waals surface area contributed by atoms with Crippen molar-refractivity contribution in [1.29, 1.82) is 0 Å². The highest BCUT2D eigenvalue weighted by Gasteiger charge is 2.46. The predicted molar refractivity (Wildman–Crippen MR) is 68.1 cm³/mol. The van der Waals surface area contributed by atoms with Crippen molar-refractivity contribution in [1.82, 2.24) is 0 Å². The Hall–Kier alpha value is -1.84. The van der Waals surface area contributed by atoms with Gasteiger partial charge in [-0.25, -0.2) is 0 Å². The van der Waals surface area contributed by atoms with E-state index in [2.05, 4.69) is 6.08 Å². The van der Waals surface area contributed by atoms with E-state index in [1.54, 1.807) is 0 Å². The average molecular weight is 260 g/mol. The van der Waals surface area contributed by atoms with E-state index in [-0.39, 0.29) is 34.9 Å². The Balaban J connectivity index is 2.17. The number of carbonyl (C=O) groups excluding carboxylic acids is 2. The summed E-state index contributed by atoms with van der Waals surface area (Å²) in [7, 11) is 2.79. The molecule has 4 heteroatoms. The molecule has 4 aliphatic rings. The zero-order valence-electron chi connectivity index (χ0n) is 11.3. The number of Topliss-reactive ketones (excluding diaryl/α,β-unsaturated/α-hetero) is 2. The average Bonchev–Trinajstić information content (AvgIpc) is 2.42. The van der Waals surface area contributed by atoms with E-state index in [0.717, 1.165) is 12.8 Å². The van der Waals surface area contributed by atoms with Crippen molar-refractivity contribution in [3.8, 4) is 0 Å². The summed E-state index contributed by atoms with van der Waals surface area (Å²) < 4.78 is 10.2. The predicted octanol–water partition coefficient (Wildman–Crippen LogP) is 1.93. The summed E-state index contributed by atoms with van der Waals surface area (Å²) in [4.78, 5) is 25.0. The van der Waals surface area contributed by atoms with Gasteiger partial charge in [-0.05, 0) is 19.8 Å². The van der Waals surface area contributed by atoms with Crippen LogP contribution in [0, 0.1) is 11.8 Å². The number of allylic oxidation sites excluding steroid dienone is 4. The third-order valence-electron chi connectivity index (χ3n) is 4.31. The number of hydrogen-bond acceptors (Lipinski definition) is 4. The van der Waals surface area contributed by atoms with Crippen molar-refractivity contribution in [2.24, 2.45) is 11.8 Å². The lowest BCUT2D eigenvalue weighted by Crippen LogP contribution is -2.38. The van der Waals surface area contributed by atoms with Crippen LogP contribution in [0.2, 0.25) is 0 Å². The minimum absolute atomic E-state index is 0.0462. The van der Waals surface area contributed by atoms with Gasteiger partial charge in [0.25, 0.3) is 0 Å². The van der Waals surface area contributed by atoms with Crippen molar-refractivity contribution < 1.29 is 19.1 Å². The minimum atomic E-state index is -0.188. The molecule has 0 aromatic rings. The molecule has 0 aromatic heterocycles. The first kappa shape index (κ1) is 12.2. The first-order valence-corrected chi connectivity index (χ1v) is 6.44. The molecule has 0 fully saturated rings. The second-order valence-corrected chi connectivity index (χ2v) is 5.20. The molecule has 0 spiro atoms. The summed E-state index contributed by atoms with van der Waals surface area (Å²) in [5.41, 5.74) is 2.45. The van der Waals surface area contributed by atoms with Gasteiger partial charge in [0.1, 0.15) is 0 Å². The van der Waals surface area contributed by atoms with Gasteiger partial charge < -0.3 is 9.47 Å². The summed E-state index contributed by atoms with van der Waals surface area (Å²) >= 11 is 0. The van der Waals surface area contributed by atoms with Crippen LogP contribution >= 0.6 is 0 Å². The number of fused-ring (bicyclic) bond motifs is 1. The summed E-state index contributed by atoms with van der Waals surface area (Å²) in [6, 6.07) is 0. The summed E-state index contributed by atoms with van der Waals surface area (Å²) in [6.07, 6.45) is 3.98. The summed E-state index contributed by atoms with van der Waals surface area (Å²) in [6.45, 7) is 2.03. The van der Waals surface area contributed by atoms with Crippen molar-refractivity contribution in [3.63, 3.8) is 0 Å². The molecule has 0 saturated heterocycles. The van der Waals surface area contributed by atoms with Crippen LogP contribution in [0.15, 0.2) is 34.3 Å². The number of hydrogen-bond donors (Lipinski definition) is 0. The zero-order chi connectivity index (χ0) is 13.7. The summed E-state index contributed by atoms with van der Waals surface area (Å²) in [5.74, 6) is -0.153. The van der Waals surface area contributed by atoms with Gasteiger partial charge in [0.2, 0.25) is 23.1 Å². The Morgan fingerprint density at radius 3 is 2.11 bits per heavy atom. The smallest absolute Gasteiger partial charge is 0.228 e. The maximum Gasteiger partial charge on any atom is 0.228 e. The molecular formula is C15H16O4. The van der Waals surface area contributed by atoms with Crippen molar-refractivity contribution in [2.45, 2.75) is 19.8 Å². The highest BCUT2D eigenvalue weighted by molar-refractivity contribution is 6.24. The van der Waals surface area contributed by atoms with Crippen molar-refractivity contribution >= 4 is 11.6 Å². The van der Waals surface area contributed by atoms with Crippen LogP contribution in [-0.2, 0) is 19.1 Å².